The van der Waals surface area contributed by atoms with Crippen molar-refractivity contribution in [3.8, 4) is 0 Å². The molecule has 1 N–H and O–H groups in total. The lowest BCUT2D eigenvalue weighted by Gasteiger charge is -2.09. The van der Waals surface area contributed by atoms with Gasteiger partial charge < -0.3 is 5.11 Å². The monoisotopic (exact) mass is 240 g/mol. The molecule has 0 saturated carbocycles. The molecular formula is C16H32O. The first kappa shape index (κ1) is 16.7. The van der Waals surface area contributed by atoms with Crippen LogP contribution >= 0.6 is 0 Å². The van der Waals surface area contributed by atoms with Gasteiger partial charge in [0.25, 0.3) is 0 Å². The number of rotatable bonds is 12. The van der Waals surface area contributed by atoms with E-state index in [1.54, 1.807) is 0 Å². The summed E-state index contributed by atoms with van der Waals surface area (Å²) in [6.07, 6.45) is 17.8. The van der Waals surface area contributed by atoms with Crippen LogP contribution in [0.15, 0.2) is 12.2 Å². The molecule has 0 spiro atoms. The summed E-state index contributed by atoms with van der Waals surface area (Å²) in [5.74, 6) is 0. The first-order valence-corrected chi connectivity index (χ1v) is 7.60. The van der Waals surface area contributed by atoms with E-state index in [1.807, 2.05) is 0 Å². The lowest BCUT2D eigenvalue weighted by atomic mass is 10.0. The summed E-state index contributed by atoms with van der Waals surface area (Å²) in [6.45, 7) is 4.29. The van der Waals surface area contributed by atoms with Crippen LogP contribution in [0, 0.1) is 0 Å². The molecule has 0 aliphatic carbocycles. The zero-order valence-corrected chi connectivity index (χ0v) is 12.0. The molecule has 0 aromatic heterocycles. The van der Waals surface area contributed by atoms with E-state index in [4.69, 9.17) is 0 Å². The molecule has 1 nitrogen and oxygen atoms in total. The second kappa shape index (κ2) is 13.8. The Bertz CT molecular complexity index is 163. The topological polar surface area (TPSA) is 20.2 Å². The average molecular weight is 240 g/mol. The van der Waals surface area contributed by atoms with Crippen LogP contribution in [-0.4, -0.2) is 11.2 Å². The van der Waals surface area contributed by atoms with Gasteiger partial charge in [0.2, 0.25) is 0 Å². The lowest BCUT2D eigenvalue weighted by Crippen LogP contribution is -2.05. The Hall–Kier alpha value is -0.300. The highest BCUT2D eigenvalue weighted by Gasteiger charge is 2.02. The van der Waals surface area contributed by atoms with E-state index < -0.39 is 0 Å². The van der Waals surface area contributed by atoms with Crippen LogP contribution in [0.1, 0.15) is 84.5 Å². The zero-order valence-electron chi connectivity index (χ0n) is 12.0. The van der Waals surface area contributed by atoms with Crippen molar-refractivity contribution in [3.05, 3.63) is 12.2 Å². The Morgan fingerprint density at radius 3 is 2.12 bits per heavy atom. The average Bonchev–Trinajstić information content (AvgIpc) is 2.33. The van der Waals surface area contributed by atoms with Crippen LogP contribution in [0.25, 0.3) is 0 Å². The Balaban J connectivity index is 3.10. The van der Waals surface area contributed by atoms with Crippen LogP contribution in [0.5, 0.6) is 0 Å². The Labute approximate surface area is 108 Å². The molecule has 0 fully saturated rings. The Morgan fingerprint density at radius 1 is 0.882 bits per heavy atom. The standard InChI is InChI=1S/C16H32O/c1-3-5-7-8-9-10-11-13-15-16(17)14-12-6-4-2/h3,5,16-17H,4,6-15H2,1-2H3. The van der Waals surface area contributed by atoms with Gasteiger partial charge in [0.15, 0.2) is 0 Å². The van der Waals surface area contributed by atoms with Crippen molar-refractivity contribution in [1.29, 1.82) is 0 Å². The van der Waals surface area contributed by atoms with Gasteiger partial charge in [0.1, 0.15) is 0 Å². The van der Waals surface area contributed by atoms with Crippen LogP contribution in [0.4, 0.5) is 0 Å². The minimum Gasteiger partial charge on any atom is -0.393 e. The van der Waals surface area contributed by atoms with Gasteiger partial charge in [-0.05, 0) is 32.6 Å². The first-order valence-electron chi connectivity index (χ1n) is 7.60. The van der Waals surface area contributed by atoms with E-state index >= 15 is 0 Å². The summed E-state index contributed by atoms with van der Waals surface area (Å²) in [5.41, 5.74) is 0. The van der Waals surface area contributed by atoms with Crippen molar-refractivity contribution in [2.24, 2.45) is 0 Å². The van der Waals surface area contributed by atoms with Gasteiger partial charge in [-0.15, -0.1) is 0 Å². The highest BCUT2D eigenvalue weighted by molar-refractivity contribution is 4.76. The van der Waals surface area contributed by atoms with Crippen LogP contribution in [0.3, 0.4) is 0 Å². The van der Waals surface area contributed by atoms with E-state index in [0.717, 1.165) is 12.8 Å². The summed E-state index contributed by atoms with van der Waals surface area (Å²) in [4.78, 5) is 0. The van der Waals surface area contributed by atoms with Crippen molar-refractivity contribution < 1.29 is 5.11 Å². The molecule has 0 aliphatic heterocycles. The number of hydrogen-bond acceptors (Lipinski definition) is 1. The molecule has 0 rings (SSSR count). The summed E-state index contributed by atoms with van der Waals surface area (Å²) in [6, 6.07) is 0. The predicted octanol–water partition coefficient (Wildman–Crippen LogP) is 5.23. The third-order valence-corrected chi connectivity index (χ3v) is 3.28. The van der Waals surface area contributed by atoms with Gasteiger partial charge in [-0.2, -0.15) is 0 Å². The second-order valence-corrected chi connectivity index (χ2v) is 5.06. The van der Waals surface area contributed by atoms with E-state index in [9.17, 15) is 5.11 Å². The van der Waals surface area contributed by atoms with Gasteiger partial charge in [0.05, 0.1) is 6.10 Å². The highest BCUT2D eigenvalue weighted by atomic mass is 16.3. The smallest absolute Gasteiger partial charge is 0.0540 e. The van der Waals surface area contributed by atoms with E-state index in [-0.39, 0.29) is 6.10 Å². The van der Waals surface area contributed by atoms with Gasteiger partial charge >= 0.3 is 0 Å². The number of aliphatic hydroxyl groups is 1. The van der Waals surface area contributed by atoms with E-state index in [1.165, 1.54) is 57.8 Å². The minimum absolute atomic E-state index is 0.0374. The zero-order chi connectivity index (χ0) is 12.8. The van der Waals surface area contributed by atoms with Gasteiger partial charge in [0, 0.05) is 0 Å². The molecule has 0 radical (unpaired) electrons. The number of hydrogen-bond donors (Lipinski definition) is 1. The molecule has 0 bridgehead atoms. The Kier molecular flexibility index (Phi) is 13.5. The first-order chi connectivity index (χ1) is 8.31. The van der Waals surface area contributed by atoms with Crippen LogP contribution in [0.2, 0.25) is 0 Å². The van der Waals surface area contributed by atoms with Crippen molar-refractivity contribution in [3.63, 3.8) is 0 Å². The van der Waals surface area contributed by atoms with Crippen molar-refractivity contribution >= 4 is 0 Å². The maximum atomic E-state index is 9.74. The van der Waals surface area contributed by atoms with Crippen molar-refractivity contribution in [2.75, 3.05) is 0 Å². The number of allylic oxidation sites excluding steroid dienone is 2. The molecule has 1 heteroatoms. The van der Waals surface area contributed by atoms with Crippen molar-refractivity contribution in [2.45, 2.75) is 90.6 Å². The predicted molar refractivity (Wildman–Crippen MR) is 77.3 cm³/mol. The molecule has 17 heavy (non-hydrogen) atoms. The highest BCUT2D eigenvalue weighted by Crippen LogP contribution is 2.12. The molecule has 0 aromatic carbocycles. The molecule has 0 saturated heterocycles. The third kappa shape index (κ3) is 13.6. The van der Waals surface area contributed by atoms with Gasteiger partial charge in [-0.3, -0.25) is 0 Å². The third-order valence-electron chi connectivity index (χ3n) is 3.28. The van der Waals surface area contributed by atoms with E-state index in [0.29, 0.717) is 0 Å². The Morgan fingerprint density at radius 2 is 1.47 bits per heavy atom. The number of unbranched alkanes of at least 4 members (excludes halogenated alkanes) is 7. The molecule has 0 aromatic rings. The largest absolute Gasteiger partial charge is 0.393 e. The molecule has 0 aliphatic rings. The molecule has 1 unspecified atom stereocenters. The van der Waals surface area contributed by atoms with Crippen LogP contribution in [-0.2, 0) is 0 Å². The number of aliphatic hydroxyl groups excluding tert-OH is 1. The fourth-order valence-electron chi connectivity index (χ4n) is 2.11. The fraction of sp³-hybridized carbons (Fsp3) is 0.875. The molecule has 0 amide bonds. The van der Waals surface area contributed by atoms with Crippen LogP contribution < -0.4 is 0 Å². The van der Waals surface area contributed by atoms with Crippen molar-refractivity contribution in [1.82, 2.24) is 0 Å². The molecule has 102 valence electrons. The second-order valence-electron chi connectivity index (χ2n) is 5.06. The minimum atomic E-state index is -0.0374. The van der Waals surface area contributed by atoms with E-state index in [2.05, 4.69) is 26.0 Å². The maximum Gasteiger partial charge on any atom is 0.0540 e. The maximum absolute atomic E-state index is 9.74. The molecular weight excluding hydrogens is 208 g/mol. The summed E-state index contributed by atoms with van der Waals surface area (Å²) in [5, 5.41) is 9.74. The summed E-state index contributed by atoms with van der Waals surface area (Å²) < 4.78 is 0. The summed E-state index contributed by atoms with van der Waals surface area (Å²) in [7, 11) is 0. The van der Waals surface area contributed by atoms with Gasteiger partial charge in [-0.1, -0.05) is 64.0 Å². The lowest BCUT2D eigenvalue weighted by molar-refractivity contribution is 0.147. The SMILES string of the molecule is CC=CCCCCCCCC(O)CCCCC. The van der Waals surface area contributed by atoms with Gasteiger partial charge in [-0.25, -0.2) is 0 Å². The molecule has 0 heterocycles. The molecule has 1 atom stereocenters. The quantitative estimate of drug-likeness (QED) is 0.365. The fourth-order valence-corrected chi connectivity index (χ4v) is 2.11. The normalized spacial score (nSPS) is 13.4. The summed E-state index contributed by atoms with van der Waals surface area (Å²) >= 11 is 0.